The summed E-state index contributed by atoms with van der Waals surface area (Å²) in [4.78, 5) is 48.4. The van der Waals surface area contributed by atoms with Gasteiger partial charge in [0.2, 0.25) is 0 Å². The van der Waals surface area contributed by atoms with E-state index in [1.807, 2.05) is 6.07 Å². The van der Waals surface area contributed by atoms with Crippen molar-refractivity contribution in [2.75, 3.05) is 0 Å². The second-order valence-corrected chi connectivity index (χ2v) is 5.65. The molecule has 134 valence electrons. The number of amides is 1. The average molecular weight is 363 g/mol. The Morgan fingerprint density at radius 2 is 2.04 bits per heavy atom. The van der Waals surface area contributed by atoms with E-state index in [2.05, 4.69) is 30.4 Å². The fraction of sp³-hybridized carbons (Fsp3) is 0.0588. The Balaban J connectivity index is 1.58. The zero-order chi connectivity index (χ0) is 18.8. The van der Waals surface area contributed by atoms with Crippen molar-refractivity contribution in [3.63, 3.8) is 0 Å². The molecule has 10 heteroatoms. The van der Waals surface area contributed by atoms with Crippen LogP contribution in [0, 0.1) is 0 Å². The summed E-state index contributed by atoms with van der Waals surface area (Å²) in [5.74, 6) is 0.193. The number of nitrogens with zero attached hydrogens (tertiary/aromatic N) is 4. The first-order chi connectivity index (χ1) is 13.1. The molecule has 0 atom stereocenters. The molecule has 0 fully saturated rings. The fourth-order valence-electron chi connectivity index (χ4n) is 2.62. The van der Waals surface area contributed by atoms with Gasteiger partial charge in [0, 0.05) is 36.9 Å². The van der Waals surface area contributed by atoms with E-state index in [9.17, 15) is 14.4 Å². The van der Waals surface area contributed by atoms with Crippen molar-refractivity contribution in [3.8, 4) is 5.82 Å². The van der Waals surface area contributed by atoms with E-state index in [1.165, 1.54) is 12.3 Å². The monoisotopic (exact) mass is 363 g/mol. The van der Waals surface area contributed by atoms with E-state index in [0.29, 0.717) is 5.82 Å². The molecule has 4 aromatic rings. The second-order valence-electron chi connectivity index (χ2n) is 5.65. The molecule has 0 bridgehead atoms. The van der Waals surface area contributed by atoms with E-state index in [0.717, 1.165) is 5.56 Å². The lowest BCUT2D eigenvalue weighted by molar-refractivity contribution is 0.0950. The molecule has 4 rings (SSSR count). The number of hydrogen-bond acceptors (Lipinski definition) is 6. The van der Waals surface area contributed by atoms with Gasteiger partial charge in [-0.25, -0.2) is 19.4 Å². The Kier molecular flexibility index (Phi) is 4.05. The average Bonchev–Trinajstić information content (AvgIpc) is 3.20. The molecular weight excluding hydrogens is 350 g/mol. The Morgan fingerprint density at radius 1 is 1.15 bits per heavy atom. The van der Waals surface area contributed by atoms with Crippen molar-refractivity contribution in [2.24, 2.45) is 0 Å². The highest BCUT2D eigenvalue weighted by atomic mass is 16.2. The minimum atomic E-state index is -0.653. The number of carbonyl (C=O) groups is 1. The number of aromatic amines is 2. The third kappa shape index (κ3) is 3.23. The van der Waals surface area contributed by atoms with Gasteiger partial charge in [0.15, 0.2) is 5.82 Å². The van der Waals surface area contributed by atoms with Gasteiger partial charge in [0.05, 0.1) is 10.9 Å². The van der Waals surface area contributed by atoms with Crippen LogP contribution < -0.4 is 16.6 Å². The number of hydrogen-bond donors (Lipinski definition) is 3. The van der Waals surface area contributed by atoms with Crippen LogP contribution in [0.1, 0.15) is 15.9 Å². The van der Waals surface area contributed by atoms with E-state index < -0.39 is 17.2 Å². The molecule has 1 amide bonds. The molecule has 0 aliphatic heterocycles. The normalized spacial score (nSPS) is 10.8. The van der Waals surface area contributed by atoms with Crippen molar-refractivity contribution < 1.29 is 4.79 Å². The topological polar surface area (TPSA) is 138 Å². The smallest absolute Gasteiger partial charge is 0.327 e. The van der Waals surface area contributed by atoms with Crippen molar-refractivity contribution >= 4 is 16.9 Å². The van der Waals surface area contributed by atoms with Gasteiger partial charge >= 0.3 is 5.69 Å². The highest BCUT2D eigenvalue weighted by Gasteiger charge is 2.12. The summed E-state index contributed by atoms with van der Waals surface area (Å²) in [5.41, 5.74) is -0.173. The third-order valence-electron chi connectivity index (χ3n) is 3.88. The Labute approximate surface area is 150 Å². The Bertz CT molecular complexity index is 1240. The molecule has 0 spiro atoms. The molecule has 0 radical (unpaired) electrons. The molecule has 27 heavy (non-hydrogen) atoms. The van der Waals surface area contributed by atoms with E-state index in [-0.39, 0.29) is 23.1 Å². The van der Waals surface area contributed by atoms with Gasteiger partial charge in [-0.3, -0.25) is 19.6 Å². The molecule has 0 unspecified atom stereocenters. The molecule has 0 aliphatic carbocycles. The predicted octanol–water partition coefficient (Wildman–Crippen LogP) is 0.122. The Morgan fingerprint density at radius 3 is 2.85 bits per heavy atom. The van der Waals surface area contributed by atoms with Crippen LogP contribution in [-0.2, 0) is 6.54 Å². The van der Waals surface area contributed by atoms with E-state index in [4.69, 9.17) is 0 Å². The molecular formula is C17H13N7O3. The number of carbonyl (C=O) groups excluding carboxylic acids is 1. The maximum atomic E-state index is 12.5. The molecule has 10 nitrogen and oxygen atoms in total. The molecule has 3 N–H and O–H groups in total. The first kappa shape index (κ1) is 16.4. The van der Waals surface area contributed by atoms with Crippen LogP contribution >= 0.6 is 0 Å². The second kappa shape index (κ2) is 6.67. The highest BCUT2D eigenvalue weighted by Crippen LogP contribution is 2.11. The van der Waals surface area contributed by atoms with Gasteiger partial charge in [-0.2, -0.15) is 5.10 Å². The third-order valence-corrected chi connectivity index (χ3v) is 3.88. The van der Waals surface area contributed by atoms with Crippen LogP contribution in [0.3, 0.4) is 0 Å². The SMILES string of the molecule is O=C(NCc1cccnc1-n1cccn1)c1cnc2[nH]c(=O)[nH]c(=O)c2c1. The zero-order valence-electron chi connectivity index (χ0n) is 13.8. The number of H-pyrrole nitrogens is 2. The largest absolute Gasteiger partial charge is 0.348 e. The lowest BCUT2D eigenvalue weighted by Gasteiger charge is -2.10. The zero-order valence-corrected chi connectivity index (χ0v) is 13.8. The lowest BCUT2D eigenvalue weighted by atomic mass is 10.2. The maximum Gasteiger partial charge on any atom is 0.327 e. The summed E-state index contributed by atoms with van der Waals surface area (Å²) < 4.78 is 1.61. The minimum absolute atomic E-state index is 0.119. The van der Waals surface area contributed by atoms with Crippen LogP contribution in [0.5, 0.6) is 0 Å². The van der Waals surface area contributed by atoms with Gasteiger partial charge in [-0.15, -0.1) is 0 Å². The lowest BCUT2D eigenvalue weighted by Crippen LogP contribution is -2.26. The van der Waals surface area contributed by atoms with Crippen LogP contribution in [0.15, 0.2) is 58.6 Å². The summed E-state index contributed by atoms with van der Waals surface area (Å²) in [7, 11) is 0. The summed E-state index contributed by atoms with van der Waals surface area (Å²) in [6.45, 7) is 0.210. The van der Waals surface area contributed by atoms with E-state index in [1.54, 1.807) is 35.4 Å². The number of nitrogens with one attached hydrogen (secondary N) is 3. The maximum absolute atomic E-state index is 12.5. The van der Waals surface area contributed by atoms with Gasteiger partial charge in [-0.05, 0) is 18.2 Å². The number of fused-ring (bicyclic) bond motifs is 1. The fourth-order valence-corrected chi connectivity index (χ4v) is 2.62. The van der Waals surface area contributed by atoms with Crippen LogP contribution in [-0.4, -0.2) is 35.6 Å². The summed E-state index contributed by atoms with van der Waals surface area (Å²) in [6, 6.07) is 6.75. The molecule has 0 aromatic carbocycles. The number of pyridine rings is 2. The van der Waals surface area contributed by atoms with Crippen molar-refractivity contribution in [2.45, 2.75) is 6.54 Å². The Hall–Kier alpha value is -4.08. The van der Waals surface area contributed by atoms with E-state index >= 15 is 0 Å². The van der Waals surface area contributed by atoms with Gasteiger partial charge in [-0.1, -0.05) is 6.07 Å². The summed E-state index contributed by atoms with van der Waals surface area (Å²) >= 11 is 0. The molecule has 4 heterocycles. The van der Waals surface area contributed by atoms with Crippen LogP contribution in [0.4, 0.5) is 0 Å². The van der Waals surface area contributed by atoms with Crippen molar-refractivity contribution in [1.29, 1.82) is 0 Å². The minimum Gasteiger partial charge on any atom is -0.348 e. The van der Waals surface area contributed by atoms with Gasteiger partial charge < -0.3 is 5.32 Å². The molecule has 0 aliphatic rings. The van der Waals surface area contributed by atoms with Crippen LogP contribution in [0.25, 0.3) is 16.9 Å². The standard InChI is InChI=1S/C17H13N7O3/c25-15(11-7-12-13(19-9-11)22-17(27)23-16(12)26)20-8-10-3-1-4-18-14(10)24-6-2-5-21-24/h1-7,9H,8H2,(H,20,25)(H2,19,22,23,26,27). The van der Waals surface area contributed by atoms with Crippen molar-refractivity contribution in [3.05, 3.63) is 81.0 Å². The molecule has 0 saturated carbocycles. The van der Waals surface area contributed by atoms with Crippen molar-refractivity contribution in [1.82, 2.24) is 35.0 Å². The predicted molar refractivity (Wildman–Crippen MR) is 95.5 cm³/mol. The van der Waals surface area contributed by atoms with Crippen LogP contribution in [0.2, 0.25) is 0 Å². The summed E-state index contributed by atoms with van der Waals surface area (Å²) in [5, 5.41) is 7.04. The quantitative estimate of drug-likeness (QED) is 0.471. The van der Waals surface area contributed by atoms with Gasteiger partial charge in [0.25, 0.3) is 11.5 Å². The molecule has 0 saturated heterocycles. The number of aromatic nitrogens is 6. The van der Waals surface area contributed by atoms with Gasteiger partial charge in [0.1, 0.15) is 5.65 Å². The molecule has 4 aromatic heterocycles. The first-order valence-corrected chi connectivity index (χ1v) is 7.96. The summed E-state index contributed by atoms with van der Waals surface area (Å²) in [6.07, 6.45) is 6.33. The highest BCUT2D eigenvalue weighted by molar-refractivity contribution is 5.96. The first-order valence-electron chi connectivity index (χ1n) is 7.96. The number of rotatable bonds is 4.